The third-order valence-electron chi connectivity index (χ3n) is 4.95. The second-order valence-corrected chi connectivity index (χ2v) is 8.11. The van der Waals surface area contributed by atoms with Crippen molar-refractivity contribution in [2.45, 2.75) is 24.0 Å². The SMILES string of the molecule is COc1ccc2c(c1)[C@@H]([C@H](NS(=O)c1ccc(C)cc1)c1ccccc1)OC2=O. The Morgan fingerprint density at radius 2 is 1.76 bits per heavy atom. The van der Waals surface area contributed by atoms with Crippen LogP contribution in [-0.4, -0.2) is 17.3 Å². The number of hydrogen-bond donors (Lipinski definition) is 1. The average Bonchev–Trinajstić information content (AvgIpc) is 3.08. The molecular weight excluding hydrogens is 386 g/mol. The lowest BCUT2D eigenvalue weighted by Gasteiger charge is -2.24. The summed E-state index contributed by atoms with van der Waals surface area (Å²) in [6, 6.07) is 21.8. The van der Waals surface area contributed by atoms with E-state index in [1.54, 1.807) is 25.3 Å². The number of benzene rings is 3. The Labute approximate surface area is 172 Å². The number of carbonyl (C=O) groups excluding carboxylic acids is 1. The number of fused-ring (bicyclic) bond motifs is 1. The lowest BCUT2D eigenvalue weighted by atomic mass is 9.95. The van der Waals surface area contributed by atoms with Gasteiger partial charge in [-0.3, -0.25) is 0 Å². The number of nitrogens with one attached hydrogen (secondary N) is 1. The van der Waals surface area contributed by atoms with Crippen LogP contribution in [0.3, 0.4) is 0 Å². The Kier molecular flexibility index (Phi) is 5.47. The zero-order chi connectivity index (χ0) is 20.4. The smallest absolute Gasteiger partial charge is 0.339 e. The van der Waals surface area contributed by atoms with E-state index in [2.05, 4.69) is 4.72 Å². The minimum atomic E-state index is -1.49. The van der Waals surface area contributed by atoms with Gasteiger partial charge < -0.3 is 9.47 Å². The molecule has 6 heteroatoms. The van der Waals surface area contributed by atoms with Gasteiger partial charge in [0.05, 0.1) is 23.6 Å². The highest BCUT2D eigenvalue weighted by molar-refractivity contribution is 7.83. The minimum absolute atomic E-state index is 0.392. The van der Waals surface area contributed by atoms with Crippen molar-refractivity contribution >= 4 is 17.0 Å². The molecule has 3 aromatic rings. The van der Waals surface area contributed by atoms with Crippen LogP contribution < -0.4 is 9.46 Å². The number of carbonyl (C=O) groups is 1. The topological polar surface area (TPSA) is 64.6 Å². The standard InChI is InChI=1S/C23H21NO4S/c1-15-8-11-18(12-9-15)29(26)24-21(16-6-4-3-5-7-16)22-20-14-17(27-2)10-13-19(20)23(25)28-22/h3-14,21-22,24H,1-2H3/t21-,22+,29?/m1/s1. The Morgan fingerprint density at radius 1 is 1.03 bits per heavy atom. The van der Waals surface area contributed by atoms with Crippen LogP contribution in [0.25, 0.3) is 0 Å². The molecule has 1 N–H and O–H groups in total. The monoisotopic (exact) mass is 407 g/mol. The van der Waals surface area contributed by atoms with Gasteiger partial charge >= 0.3 is 5.97 Å². The van der Waals surface area contributed by atoms with Crippen molar-refractivity contribution in [1.82, 2.24) is 4.72 Å². The summed E-state index contributed by atoms with van der Waals surface area (Å²) in [6.45, 7) is 1.98. The van der Waals surface area contributed by atoms with Gasteiger partial charge in [0.2, 0.25) is 0 Å². The van der Waals surface area contributed by atoms with E-state index in [1.807, 2.05) is 61.5 Å². The molecule has 1 aliphatic heterocycles. The number of ether oxygens (including phenoxy) is 2. The van der Waals surface area contributed by atoms with Gasteiger partial charge in [0.15, 0.2) is 0 Å². The number of hydrogen-bond acceptors (Lipinski definition) is 4. The first-order valence-electron chi connectivity index (χ1n) is 9.25. The summed E-state index contributed by atoms with van der Waals surface area (Å²) in [5.41, 5.74) is 3.19. The molecule has 0 bridgehead atoms. The quantitative estimate of drug-likeness (QED) is 0.620. The molecule has 1 aliphatic rings. The van der Waals surface area contributed by atoms with Crippen LogP contribution in [0.5, 0.6) is 5.75 Å². The van der Waals surface area contributed by atoms with Crippen molar-refractivity contribution in [3.63, 3.8) is 0 Å². The number of aryl methyl sites for hydroxylation is 1. The lowest BCUT2D eigenvalue weighted by molar-refractivity contribution is 0.0314. The predicted molar refractivity (Wildman–Crippen MR) is 111 cm³/mol. The highest BCUT2D eigenvalue weighted by atomic mass is 32.2. The van der Waals surface area contributed by atoms with Gasteiger partial charge in [-0.15, -0.1) is 0 Å². The van der Waals surface area contributed by atoms with Crippen molar-refractivity contribution in [1.29, 1.82) is 0 Å². The Balaban J connectivity index is 1.72. The van der Waals surface area contributed by atoms with E-state index in [4.69, 9.17) is 9.47 Å². The number of cyclic esters (lactones) is 1. The molecule has 0 radical (unpaired) electrons. The fourth-order valence-corrected chi connectivity index (χ4v) is 4.40. The third kappa shape index (κ3) is 3.95. The highest BCUT2D eigenvalue weighted by Gasteiger charge is 2.38. The average molecular weight is 407 g/mol. The Bertz CT molecular complexity index is 1050. The maximum absolute atomic E-state index is 13.0. The molecule has 29 heavy (non-hydrogen) atoms. The van der Waals surface area contributed by atoms with Crippen molar-refractivity contribution < 1.29 is 18.5 Å². The van der Waals surface area contributed by atoms with Gasteiger partial charge in [0.1, 0.15) is 22.8 Å². The van der Waals surface area contributed by atoms with E-state index < -0.39 is 29.1 Å². The van der Waals surface area contributed by atoms with Crippen LogP contribution in [0.4, 0.5) is 0 Å². The second kappa shape index (κ2) is 8.19. The first kappa shape index (κ1) is 19.4. The molecule has 3 atom stereocenters. The first-order chi connectivity index (χ1) is 14.1. The zero-order valence-electron chi connectivity index (χ0n) is 16.1. The van der Waals surface area contributed by atoms with Crippen molar-refractivity contribution in [2.75, 3.05) is 7.11 Å². The summed E-state index contributed by atoms with van der Waals surface area (Å²) >= 11 is 0. The number of methoxy groups -OCH3 is 1. The fraction of sp³-hybridized carbons (Fsp3) is 0.174. The first-order valence-corrected chi connectivity index (χ1v) is 10.4. The van der Waals surface area contributed by atoms with E-state index in [-0.39, 0.29) is 0 Å². The Morgan fingerprint density at radius 3 is 2.45 bits per heavy atom. The second-order valence-electron chi connectivity index (χ2n) is 6.87. The van der Waals surface area contributed by atoms with Gasteiger partial charge in [-0.2, -0.15) is 0 Å². The molecule has 0 saturated carbocycles. The van der Waals surface area contributed by atoms with Crippen LogP contribution in [0, 0.1) is 6.92 Å². The van der Waals surface area contributed by atoms with E-state index in [9.17, 15) is 9.00 Å². The molecular formula is C23H21NO4S. The largest absolute Gasteiger partial charge is 0.497 e. The summed E-state index contributed by atoms with van der Waals surface area (Å²) in [6.07, 6.45) is -0.621. The molecule has 148 valence electrons. The van der Waals surface area contributed by atoms with E-state index in [0.29, 0.717) is 16.2 Å². The van der Waals surface area contributed by atoms with Crippen LogP contribution in [0.2, 0.25) is 0 Å². The molecule has 1 heterocycles. The molecule has 3 aromatic carbocycles. The Hall–Kier alpha value is -2.96. The van der Waals surface area contributed by atoms with Gasteiger partial charge in [0.25, 0.3) is 0 Å². The van der Waals surface area contributed by atoms with Crippen LogP contribution in [-0.2, 0) is 15.7 Å². The molecule has 5 nitrogen and oxygen atoms in total. The van der Waals surface area contributed by atoms with Gasteiger partial charge in [-0.05, 0) is 42.8 Å². The predicted octanol–water partition coefficient (Wildman–Crippen LogP) is 4.27. The maximum Gasteiger partial charge on any atom is 0.339 e. The summed E-state index contributed by atoms with van der Waals surface area (Å²) in [4.78, 5) is 13.1. The van der Waals surface area contributed by atoms with Gasteiger partial charge in [-0.1, -0.05) is 48.0 Å². The summed E-state index contributed by atoms with van der Waals surface area (Å²) < 4.78 is 27.2. The normalized spacial score (nSPS) is 17.3. The summed E-state index contributed by atoms with van der Waals surface area (Å²) in [5.74, 6) is 0.245. The van der Waals surface area contributed by atoms with Crippen LogP contribution in [0.15, 0.2) is 77.7 Å². The fourth-order valence-electron chi connectivity index (χ4n) is 3.39. The van der Waals surface area contributed by atoms with Crippen molar-refractivity contribution in [2.24, 2.45) is 0 Å². The van der Waals surface area contributed by atoms with Crippen LogP contribution in [0.1, 0.15) is 39.2 Å². The molecule has 0 fully saturated rings. The summed E-state index contributed by atoms with van der Waals surface area (Å²) in [5, 5.41) is 0. The van der Waals surface area contributed by atoms with Gasteiger partial charge in [0, 0.05) is 5.56 Å². The molecule has 0 saturated heterocycles. The third-order valence-corrected chi connectivity index (χ3v) is 6.12. The van der Waals surface area contributed by atoms with Crippen molar-refractivity contribution in [3.05, 3.63) is 95.1 Å². The summed E-state index contributed by atoms with van der Waals surface area (Å²) in [7, 11) is 0.0911. The highest BCUT2D eigenvalue weighted by Crippen LogP contribution is 2.41. The molecule has 1 unspecified atom stereocenters. The lowest BCUT2D eigenvalue weighted by Crippen LogP contribution is -2.29. The van der Waals surface area contributed by atoms with E-state index in [0.717, 1.165) is 16.7 Å². The van der Waals surface area contributed by atoms with Gasteiger partial charge in [-0.25, -0.2) is 13.7 Å². The maximum atomic E-state index is 13.0. The molecule has 0 amide bonds. The number of esters is 1. The zero-order valence-corrected chi connectivity index (χ0v) is 16.9. The van der Waals surface area contributed by atoms with E-state index >= 15 is 0 Å². The molecule has 0 aromatic heterocycles. The van der Waals surface area contributed by atoms with E-state index in [1.165, 1.54) is 0 Å². The molecule has 4 rings (SSSR count). The van der Waals surface area contributed by atoms with Crippen LogP contribution >= 0.6 is 0 Å². The van der Waals surface area contributed by atoms with Crippen molar-refractivity contribution in [3.8, 4) is 5.75 Å². The number of rotatable bonds is 6. The molecule has 0 aliphatic carbocycles. The minimum Gasteiger partial charge on any atom is -0.497 e. The molecule has 0 spiro atoms.